The first-order valence-electron chi connectivity index (χ1n) is 9.24. The maximum Gasteiger partial charge on any atom is 0.322 e. The normalized spacial score (nSPS) is 12.6. The van der Waals surface area contributed by atoms with E-state index in [1.807, 2.05) is 6.07 Å². The molecule has 150 valence electrons. The number of benzene rings is 2. The van der Waals surface area contributed by atoms with Crippen LogP contribution < -0.4 is 16.4 Å². The summed E-state index contributed by atoms with van der Waals surface area (Å²) in [6.45, 7) is 0.890. The minimum absolute atomic E-state index is 0.234. The van der Waals surface area contributed by atoms with Gasteiger partial charge in [0.05, 0.1) is 35.2 Å². The number of nitrogens with two attached hydrogens (primary N) is 1. The molecule has 8 nitrogen and oxygen atoms in total. The van der Waals surface area contributed by atoms with Gasteiger partial charge < -0.3 is 21.3 Å². The van der Waals surface area contributed by atoms with E-state index in [4.69, 9.17) is 11.0 Å². The first-order chi connectivity index (χ1) is 14.5. The average molecular weight is 418 g/mol. The first kappa shape index (κ1) is 19.4. The molecule has 0 spiro atoms. The number of hydrogen-bond donors (Lipinski definition) is 3. The number of aromatic nitrogens is 1. The van der Waals surface area contributed by atoms with Gasteiger partial charge in [0.1, 0.15) is 0 Å². The molecule has 0 saturated carbocycles. The molecular weight excluding hydrogens is 400 g/mol. The second kappa shape index (κ2) is 8.23. The van der Waals surface area contributed by atoms with Crippen LogP contribution in [-0.4, -0.2) is 28.4 Å². The fourth-order valence-electron chi connectivity index (χ4n) is 3.08. The Hall–Kier alpha value is -3.90. The van der Waals surface area contributed by atoms with Crippen LogP contribution in [0.5, 0.6) is 0 Å². The van der Waals surface area contributed by atoms with E-state index in [1.54, 1.807) is 53.4 Å². The Morgan fingerprint density at radius 1 is 1.13 bits per heavy atom. The first-order valence-corrected chi connectivity index (χ1v) is 10.1. The standard InChI is InChI=1S/C21H18N6O2S/c22-11-13-5-7-14(8-6-13)24-21(29)27-10-9-17-18(12-27)30-20(26-17)19(28)25-16-4-2-1-3-15(16)23/h1-8H,9-10,12,23H2,(H,24,29)(H,25,28). The van der Waals surface area contributed by atoms with Crippen molar-refractivity contribution in [2.24, 2.45) is 0 Å². The summed E-state index contributed by atoms with van der Waals surface area (Å²) in [5.74, 6) is -0.319. The van der Waals surface area contributed by atoms with Crippen molar-refractivity contribution in [3.05, 3.63) is 69.7 Å². The van der Waals surface area contributed by atoms with E-state index < -0.39 is 0 Å². The van der Waals surface area contributed by atoms with Gasteiger partial charge >= 0.3 is 6.03 Å². The maximum absolute atomic E-state index is 12.6. The van der Waals surface area contributed by atoms with Crippen LogP contribution in [0, 0.1) is 11.3 Å². The molecule has 0 saturated heterocycles. The van der Waals surface area contributed by atoms with Crippen molar-refractivity contribution in [2.45, 2.75) is 13.0 Å². The molecule has 1 aliphatic heterocycles. The molecule has 1 aliphatic rings. The van der Waals surface area contributed by atoms with Crippen molar-refractivity contribution in [3.63, 3.8) is 0 Å². The van der Waals surface area contributed by atoms with Gasteiger partial charge in [0, 0.05) is 23.5 Å². The zero-order chi connectivity index (χ0) is 21.1. The number of nitrogens with zero attached hydrogens (tertiary/aromatic N) is 3. The molecule has 0 aliphatic carbocycles. The number of para-hydroxylation sites is 2. The van der Waals surface area contributed by atoms with Crippen LogP contribution >= 0.6 is 11.3 Å². The molecule has 9 heteroatoms. The largest absolute Gasteiger partial charge is 0.397 e. The highest BCUT2D eigenvalue weighted by Gasteiger charge is 2.26. The van der Waals surface area contributed by atoms with Gasteiger partial charge in [-0.3, -0.25) is 4.79 Å². The summed E-state index contributed by atoms with van der Waals surface area (Å²) >= 11 is 1.28. The van der Waals surface area contributed by atoms with Gasteiger partial charge in [-0.25, -0.2) is 9.78 Å². The van der Waals surface area contributed by atoms with E-state index in [-0.39, 0.29) is 11.9 Å². The maximum atomic E-state index is 12.6. The molecule has 4 rings (SSSR count). The van der Waals surface area contributed by atoms with Crippen LogP contribution in [-0.2, 0) is 13.0 Å². The van der Waals surface area contributed by atoms with Gasteiger partial charge in [-0.1, -0.05) is 12.1 Å². The number of amides is 3. The Kier molecular flexibility index (Phi) is 5.32. The molecule has 0 radical (unpaired) electrons. The van der Waals surface area contributed by atoms with Gasteiger partial charge in [0.15, 0.2) is 5.01 Å². The lowest BCUT2D eigenvalue weighted by molar-refractivity contribution is 0.102. The molecule has 1 aromatic heterocycles. The molecule has 3 aromatic rings. The van der Waals surface area contributed by atoms with Crippen molar-refractivity contribution < 1.29 is 9.59 Å². The van der Waals surface area contributed by atoms with Gasteiger partial charge in [-0.05, 0) is 36.4 Å². The third-order valence-electron chi connectivity index (χ3n) is 4.69. The minimum Gasteiger partial charge on any atom is -0.397 e. The molecule has 0 bridgehead atoms. The number of fused-ring (bicyclic) bond motifs is 1. The van der Waals surface area contributed by atoms with Gasteiger partial charge in [0.25, 0.3) is 5.91 Å². The Bertz CT molecular complexity index is 1150. The van der Waals surface area contributed by atoms with Crippen LogP contribution in [0.25, 0.3) is 0 Å². The molecule has 4 N–H and O–H groups in total. The zero-order valence-corrected chi connectivity index (χ0v) is 16.7. The number of carbonyl (C=O) groups is 2. The number of hydrogen-bond acceptors (Lipinski definition) is 6. The van der Waals surface area contributed by atoms with Gasteiger partial charge in [-0.15, -0.1) is 11.3 Å². The Morgan fingerprint density at radius 3 is 2.63 bits per heavy atom. The second-order valence-corrected chi connectivity index (χ2v) is 7.80. The van der Waals surface area contributed by atoms with Crippen LogP contribution in [0.2, 0.25) is 0 Å². The van der Waals surface area contributed by atoms with Crippen LogP contribution in [0.3, 0.4) is 0 Å². The summed E-state index contributed by atoms with van der Waals surface area (Å²) in [5, 5.41) is 14.8. The number of anilines is 3. The molecule has 0 atom stereocenters. The highest BCUT2D eigenvalue weighted by atomic mass is 32.1. The lowest BCUT2D eigenvalue weighted by Crippen LogP contribution is -2.38. The van der Waals surface area contributed by atoms with Crippen molar-refractivity contribution >= 4 is 40.3 Å². The highest BCUT2D eigenvalue weighted by molar-refractivity contribution is 7.13. The van der Waals surface area contributed by atoms with E-state index in [9.17, 15) is 9.59 Å². The molecule has 0 fully saturated rings. The third kappa shape index (κ3) is 4.09. The summed E-state index contributed by atoms with van der Waals surface area (Å²) in [6.07, 6.45) is 0.577. The Balaban J connectivity index is 1.42. The van der Waals surface area contributed by atoms with E-state index in [2.05, 4.69) is 15.6 Å². The lowest BCUT2D eigenvalue weighted by Gasteiger charge is -2.26. The molecule has 0 unspecified atom stereocenters. The van der Waals surface area contributed by atoms with E-state index in [1.165, 1.54) is 11.3 Å². The number of nitrogens with one attached hydrogen (secondary N) is 2. The number of urea groups is 1. The fraction of sp³-hybridized carbons (Fsp3) is 0.143. The molecular formula is C21H18N6O2S. The molecule has 3 amide bonds. The zero-order valence-electron chi connectivity index (χ0n) is 15.9. The predicted octanol–water partition coefficient (Wildman–Crippen LogP) is 3.44. The Labute approximate surface area is 177 Å². The van der Waals surface area contributed by atoms with Crippen molar-refractivity contribution in [1.82, 2.24) is 9.88 Å². The van der Waals surface area contributed by atoms with Crippen LogP contribution in [0.1, 0.15) is 25.9 Å². The third-order valence-corrected chi connectivity index (χ3v) is 5.77. The number of nitriles is 1. The van der Waals surface area contributed by atoms with E-state index in [0.717, 1.165) is 10.6 Å². The van der Waals surface area contributed by atoms with Crippen molar-refractivity contribution in [1.29, 1.82) is 5.26 Å². The average Bonchev–Trinajstić information content (AvgIpc) is 3.19. The van der Waals surface area contributed by atoms with Gasteiger partial charge in [0.2, 0.25) is 0 Å². The smallest absolute Gasteiger partial charge is 0.322 e. The summed E-state index contributed by atoms with van der Waals surface area (Å²) in [4.78, 5) is 32.2. The summed E-state index contributed by atoms with van der Waals surface area (Å²) < 4.78 is 0. The minimum atomic E-state index is -0.319. The summed E-state index contributed by atoms with van der Waals surface area (Å²) in [7, 11) is 0. The van der Waals surface area contributed by atoms with Crippen LogP contribution in [0.15, 0.2) is 48.5 Å². The summed E-state index contributed by atoms with van der Waals surface area (Å²) in [5.41, 5.74) is 8.89. The second-order valence-electron chi connectivity index (χ2n) is 6.72. The topological polar surface area (TPSA) is 124 Å². The van der Waals surface area contributed by atoms with Crippen LogP contribution in [0.4, 0.5) is 21.9 Å². The number of nitrogen functional groups attached to an aromatic ring is 1. The van der Waals surface area contributed by atoms with E-state index in [0.29, 0.717) is 47.1 Å². The Morgan fingerprint density at radius 2 is 1.90 bits per heavy atom. The van der Waals surface area contributed by atoms with E-state index >= 15 is 0 Å². The van der Waals surface area contributed by atoms with Gasteiger partial charge in [-0.2, -0.15) is 5.26 Å². The molecule has 30 heavy (non-hydrogen) atoms. The highest BCUT2D eigenvalue weighted by Crippen LogP contribution is 2.27. The monoisotopic (exact) mass is 418 g/mol. The number of carbonyl (C=O) groups excluding carboxylic acids is 2. The quantitative estimate of drug-likeness (QED) is 0.562. The number of rotatable bonds is 3. The lowest BCUT2D eigenvalue weighted by atomic mass is 10.2. The molecule has 2 heterocycles. The molecule has 2 aromatic carbocycles. The summed E-state index contributed by atoms with van der Waals surface area (Å²) in [6, 6.07) is 15.5. The fourth-order valence-corrected chi connectivity index (χ4v) is 4.10. The van der Waals surface area contributed by atoms with Crippen molar-refractivity contribution in [3.8, 4) is 6.07 Å². The van der Waals surface area contributed by atoms with Crippen molar-refractivity contribution in [2.75, 3.05) is 22.9 Å². The predicted molar refractivity (Wildman–Crippen MR) is 115 cm³/mol. The number of thiazole rings is 1. The SMILES string of the molecule is N#Cc1ccc(NC(=O)N2CCc3nc(C(=O)Nc4ccccc4N)sc3C2)cc1.